The molecule has 1 aliphatic heterocycles. The lowest BCUT2D eigenvalue weighted by Crippen LogP contribution is -2.36. The Hall–Kier alpha value is -3.26. The number of amides is 1. The van der Waals surface area contributed by atoms with Crippen molar-refractivity contribution >= 4 is 23.0 Å². The van der Waals surface area contributed by atoms with Crippen molar-refractivity contribution in [1.82, 2.24) is 9.88 Å². The lowest BCUT2D eigenvalue weighted by molar-refractivity contribution is -0.695. The summed E-state index contributed by atoms with van der Waals surface area (Å²) in [6.45, 7) is 1.00. The summed E-state index contributed by atoms with van der Waals surface area (Å²) >= 11 is 1.25. The summed E-state index contributed by atoms with van der Waals surface area (Å²) in [4.78, 5) is 30.7. The molecule has 148 valence electrons. The third-order valence-electron chi connectivity index (χ3n) is 4.90. The van der Waals surface area contributed by atoms with Gasteiger partial charge in [-0.05, 0) is 29.1 Å². The number of carbonyl (C=O) groups excluding carboxylic acids is 2. The molecule has 0 bridgehead atoms. The average Bonchev–Trinajstić information content (AvgIpc) is 3.47. The molecule has 1 amide bonds. The van der Waals surface area contributed by atoms with Gasteiger partial charge in [-0.3, -0.25) is 14.6 Å². The van der Waals surface area contributed by atoms with Crippen molar-refractivity contribution in [3.05, 3.63) is 88.1 Å². The molecule has 1 aromatic carbocycles. The van der Waals surface area contributed by atoms with Gasteiger partial charge in [0.05, 0.1) is 23.0 Å². The number of aromatic nitrogens is 2. The van der Waals surface area contributed by atoms with Crippen molar-refractivity contribution in [2.24, 2.45) is 0 Å². The van der Waals surface area contributed by atoms with Crippen molar-refractivity contribution in [3.8, 4) is 0 Å². The summed E-state index contributed by atoms with van der Waals surface area (Å²) in [5.74, 6) is -1.92. The Balaban J connectivity index is 1.66. The third-order valence-corrected chi connectivity index (χ3v) is 5.77. The molecule has 0 radical (unpaired) electrons. The van der Waals surface area contributed by atoms with E-state index in [9.17, 15) is 19.1 Å². The van der Waals surface area contributed by atoms with Crippen LogP contribution in [0.5, 0.6) is 0 Å². The number of aryl methyl sites for hydroxylation is 1. The number of nitrogens with zero attached hydrogens (tertiary/aromatic N) is 2. The summed E-state index contributed by atoms with van der Waals surface area (Å²) in [6.07, 6.45) is 6.11. The molecule has 0 spiro atoms. The second-order valence-corrected chi connectivity index (χ2v) is 7.67. The van der Waals surface area contributed by atoms with Crippen LogP contribution in [0.2, 0.25) is 0 Å². The molecule has 0 fully saturated rings. The first-order valence-corrected chi connectivity index (χ1v) is 10.0. The van der Waals surface area contributed by atoms with Crippen molar-refractivity contribution in [3.63, 3.8) is 0 Å². The molecule has 8 heteroatoms. The van der Waals surface area contributed by atoms with Gasteiger partial charge >= 0.3 is 0 Å². The first kappa shape index (κ1) is 19.1. The number of carbonyl (C=O) groups is 2. The van der Waals surface area contributed by atoms with Crippen LogP contribution >= 0.6 is 11.3 Å². The fraction of sp³-hybridized carbons (Fsp3) is 0.190. The van der Waals surface area contributed by atoms with Crippen LogP contribution in [0.3, 0.4) is 0 Å². The summed E-state index contributed by atoms with van der Waals surface area (Å²) in [5, 5.41) is 12.3. The zero-order valence-corrected chi connectivity index (χ0v) is 16.2. The van der Waals surface area contributed by atoms with Gasteiger partial charge in [0.2, 0.25) is 12.1 Å². The van der Waals surface area contributed by atoms with Crippen LogP contribution in [0.1, 0.15) is 27.7 Å². The zero-order chi connectivity index (χ0) is 20.4. The van der Waals surface area contributed by atoms with Gasteiger partial charge in [-0.1, -0.05) is 18.2 Å². The maximum absolute atomic E-state index is 13.4. The van der Waals surface area contributed by atoms with E-state index in [-0.39, 0.29) is 11.4 Å². The van der Waals surface area contributed by atoms with Crippen LogP contribution in [0, 0.1) is 5.82 Å². The van der Waals surface area contributed by atoms with Gasteiger partial charge in [0.25, 0.3) is 5.91 Å². The van der Waals surface area contributed by atoms with Crippen LogP contribution < -0.4 is 4.57 Å². The first-order chi connectivity index (χ1) is 14.1. The van der Waals surface area contributed by atoms with Crippen LogP contribution in [0.25, 0.3) is 0 Å². The van der Waals surface area contributed by atoms with E-state index in [1.54, 1.807) is 35.8 Å². The number of aromatic amines is 1. The number of Topliss-reactive ketones (excluding diaryl/α,β-unsaturated/α-hetero) is 1. The van der Waals surface area contributed by atoms with E-state index in [0.29, 0.717) is 30.0 Å². The third kappa shape index (κ3) is 3.71. The maximum atomic E-state index is 13.4. The lowest BCUT2D eigenvalue weighted by atomic mass is 9.95. The van der Waals surface area contributed by atoms with Gasteiger partial charge in [0.15, 0.2) is 5.76 Å². The summed E-state index contributed by atoms with van der Waals surface area (Å²) < 4.78 is 15.4. The molecule has 2 aromatic heterocycles. The minimum Gasteiger partial charge on any atom is -0.503 e. The number of thiophene rings is 1. The highest BCUT2D eigenvalue weighted by molar-refractivity contribution is 7.12. The number of aliphatic hydroxyl groups is 1. The molecule has 29 heavy (non-hydrogen) atoms. The van der Waals surface area contributed by atoms with E-state index >= 15 is 0 Å². The maximum Gasteiger partial charge on any atom is 0.290 e. The van der Waals surface area contributed by atoms with Gasteiger partial charge in [-0.15, -0.1) is 11.3 Å². The molecule has 1 unspecified atom stereocenters. The van der Waals surface area contributed by atoms with Crippen LogP contribution in [-0.2, 0) is 11.3 Å². The molecule has 0 saturated heterocycles. The number of rotatable bonds is 7. The van der Waals surface area contributed by atoms with Gasteiger partial charge in [0.1, 0.15) is 18.2 Å². The topological polar surface area (TPSA) is 77.3 Å². The number of aliphatic hydroxyl groups excluding tert-OH is 1. The van der Waals surface area contributed by atoms with E-state index in [1.807, 2.05) is 17.1 Å². The monoisotopic (exact) mass is 412 g/mol. The Morgan fingerprint density at radius 3 is 2.72 bits per heavy atom. The molecule has 1 atom stereocenters. The van der Waals surface area contributed by atoms with E-state index in [2.05, 4.69) is 4.98 Å². The summed E-state index contributed by atoms with van der Waals surface area (Å²) in [6, 6.07) is 8.31. The first-order valence-electron chi connectivity index (χ1n) is 9.16. The SMILES string of the molecule is O=C(C1=C(O)C(=O)N(CCC[n+]2cc[nH]c2)C1c1ccc(F)cc1)c1cccs1. The summed E-state index contributed by atoms with van der Waals surface area (Å²) in [7, 11) is 0. The van der Waals surface area contributed by atoms with Gasteiger partial charge in [0, 0.05) is 13.0 Å². The van der Waals surface area contributed by atoms with Crippen LogP contribution in [0.15, 0.2) is 71.8 Å². The van der Waals surface area contributed by atoms with E-state index in [1.165, 1.54) is 28.4 Å². The fourth-order valence-corrected chi connectivity index (χ4v) is 4.21. The Labute approximate surface area is 170 Å². The number of benzene rings is 1. The number of ketones is 1. The normalized spacial score (nSPS) is 16.7. The van der Waals surface area contributed by atoms with Gasteiger partial charge in [-0.25, -0.2) is 8.96 Å². The van der Waals surface area contributed by atoms with Gasteiger partial charge in [-0.2, -0.15) is 0 Å². The molecule has 4 rings (SSSR count). The highest BCUT2D eigenvalue weighted by atomic mass is 32.1. The number of hydrogen-bond donors (Lipinski definition) is 2. The second-order valence-electron chi connectivity index (χ2n) is 6.72. The average molecular weight is 412 g/mol. The Morgan fingerprint density at radius 2 is 2.07 bits per heavy atom. The van der Waals surface area contributed by atoms with E-state index < -0.39 is 23.5 Å². The Bertz CT molecular complexity index is 1040. The van der Waals surface area contributed by atoms with Crippen LogP contribution in [-0.4, -0.2) is 33.2 Å². The lowest BCUT2D eigenvalue weighted by Gasteiger charge is -2.26. The van der Waals surface area contributed by atoms with Crippen molar-refractivity contribution in [1.29, 1.82) is 0 Å². The fourth-order valence-electron chi connectivity index (χ4n) is 3.53. The quantitative estimate of drug-likeness (QED) is 0.462. The standard InChI is InChI=1S/C21H18FN3O3S/c22-15-6-4-14(5-7-15)18-17(19(26)16-3-1-12-29-16)20(27)21(28)25(18)10-2-9-24-11-8-23-13-24/h1,3-8,11-13,18H,2,9-10H2,(H,26,27)/p+1. The van der Waals surface area contributed by atoms with Crippen molar-refractivity contribution in [2.75, 3.05) is 6.54 Å². The minimum absolute atomic E-state index is 0.0401. The molecule has 6 nitrogen and oxygen atoms in total. The predicted octanol–water partition coefficient (Wildman–Crippen LogP) is 3.17. The number of H-pyrrole nitrogens is 1. The molecule has 3 heterocycles. The van der Waals surface area contributed by atoms with Crippen molar-refractivity contribution < 1.29 is 23.7 Å². The largest absolute Gasteiger partial charge is 0.503 e. The minimum atomic E-state index is -0.756. The number of imidazole rings is 1. The number of halogens is 1. The highest BCUT2D eigenvalue weighted by Crippen LogP contribution is 2.39. The van der Waals surface area contributed by atoms with E-state index in [0.717, 1.165) is 0 Å². The Kier molecular flexibility index (Phi) is 5.26. The van der Waals surface area contributed by atoms with E-state index in [4.69, 9.17) is 0 Å². The molecular weight excluding hydrogens is 393 g/mol. The Morgan fingerprint density at radius 1 is 1.28 bits per heavy atom. The van der Waals surface area contributed by atoms with Crippen LogP contribution in [0.4, 0.5) is 4.39 Å². The predicted molar refractivity (Wildman–Crippen MR) is 105 cm³/mol. The highest BCUT2D eigenvalue weighted by Gasteiger charge is 2.43. The molecule has 3 aromatic rings. The molecule has 2 N–H and O–H groups in total. The zero-order valence-electron chi connectivity index (χ0n) is 15.4. The van der Waals surface area contributed by atoms with Crippen molar-refractivity contribution in [2.45, 2.75) is 19.0 Å². The summed E-state index contributed by atoms with van der Waals surface area (Å²) in [5.41, 5.74) is 0.622. The second kappa shape index (κ2) is 8.00. The number of nitrogens with one attached hydrogen (secondary N) is 1. The number of hydrogen-bond acceptors (Lipinski definition) is 4. The molecule has 0 aliphatic carbocycles. The molecule has 1 aliphatic rings. The molecule has 0 saturated carbocycles. The van der Waals surface area contributed by atoms with Gasteiger partial charge < -0.3 is 10.0 Å². The smallest absolute Gasteiger partial charge is 0.290 e. The molecular formula is C21H19FN3O3S+.